The Hall–Kier alpha value is -2.61. The molecule has 1 saturated heterocycles. The molecule has 130 valence electrons. The molecular weight excluding hydrogens is 326 g/mol. The van der Waals surface area contributed by atoms with Crippen molar-refractivity contribution in [3.05, 3.63) is 42.5 Å². The summed E-state index contributed by atoms with van der Waals surface area (Å²) < 4.78 is 27.5. The number of alkyl halides is 2. The van der Waals surface area contributed by atoms with E-state index in [1.165, 1.54) is 12.4 Å². The van der Waals surface area contributed by atoms with Crippen LogP contribution in [0.5, 0.6) is 0 Å². The van der Waals surface area contributed by atoms with E-state index in [1.807, 2.05) is 18.2 Å². The van der Waals surface area contributed by atoms with Gasteiger partial charge in [0.2, 0.25) is 0 Å². The van der Waals surface area contributed by atoms with E-state index in [0.717, 1.165) is 31.7 Å². The van der Waals surface area contributed by atoms with E-state index in [0.29, 0.717) is 23.1 Å². The molecule has 2 N–H and O–H groups in total. The van der Waals surface area contributed by atoms with Crippen LogP contribution in [-0.2, 0) is 0 Å². The first kappa shape index (κ1) is 15.9. The zero-order valence-electron chi connectivity index (χ0n) is 13.5. The molecule has 0 aromatic carbocycles. The number of hydrogen-bond donors (Lipinski definition) is 2. The third-order valence-corrected chi connectivity index (χ3v) is 4.30. The number of anilines is 1. The van der Waals surface area contributed by atoms with Gasteiger partial charge in [0.15, 0.2) is 5.65 Å². The van der Waals surface area contributed by atoms with Crippen LogP contribution in [0.15, 0.2) is 36.8 Å². The third-order valence-electron chi connectivity index (χ3n) is 4.30. The number of hydrogen-bond acceptors (Lipinski definition) is 5. The van der Waals surface area contributed by atoms with Gasteiger partial charge in [0.05, 0.1) is 23.8 Å². The second-order valence-corrected chi connectivity index (χ2v) is 6.08. The first-order valence-electron chi connectivity index (χ1n) is 8.26. The van der Waals surface area contributed by atoms with Gasteiger partial charge in [-0.15, -0.1) is 0 Å². The van der Waals surface area contributed by atoms with Crippen LogP contribution in [0.1, 0.15) is 25.0 Å². The summed E-state index contributed by atoms with van der Waals surface area (Å²) in [5, 5.41) is 6.78. The Morgan fingerprint density at radius 3 is 2.96 bits per heavy atom. The number of nitrogens with one attached hydrogen (secondary N) is 2. The normalized spacial score (nSPS) is 18.0. The molecule has 1 fully saturated rings. The van der Waals surface area contributed by atoms with Gasteiger partial charge in [-0.1, -0.05) is 6.07 Å². The van der Waals surface area contributed by atoms with Crippen LogP contribution in [0.4, 0.5) is 14.6 Å². The van der Waals surface area contributed by atoms with Gasteiger partial charge < -0.3 is 10.6 Å². The molecule has 25 heavy (non-hydrogen) atoms. The van der Waals surface area contributed by atoms with Gasteiger partial charge >= 0.3 is 0 Å². The molecule has 1 aliphatic rings. The molecule has 1 atom stereocenters. The van der Waals surface area contributed by atoms with Gasteiger partial charge in [-0.2, -0.15) is 0 Å². The molecule has 1 unspecified atom stereocenters. The zero-order chi connectivity index (χ0) is 17.2. The molecule has 0 bridgehead atoms. The SMILES string of the molecule is FC(F)c1cn2c(-c3cccc(NC4CCCNC4)n3)cnc2cn1. The fraction of sp³-hybridized carbons (Fsp3) is 0.353. The molecule has 3 aromatic heterocycles. The van der Waals surface area contributed by atoms with Gasteiger partial charge in [0.25, 0.3) is 6.43 Å². The van der Waals surface area contributed by atoms with Crippen molar-refractivity contribution in [2.45, 2.75) is 25.3 Å². The fourth-order valence-corrected chi connectivity index (χ4v) is 3.05. The smallest absolute Gasteiger partial charge is 0.281 e. The monoisotopic (exact) mass is 344 g/mol. The van der Waals surface area contributed by atoms with Crippen molar-refractivity contribution < 1.29 is 8.78 Å². The summed E-state index contributed by atoms with van der Waals surface area (Å²) in [5.41, 5.74) is 1.56. The van der Waals surface area contributed by atoms with E-state index in [4.69, 9.17) is 0 Å². The summed E-state index contributed by atoms with van der Waals surface area (Å²) in [4.78, 5) is 12.6. The lowest BCUT2D eigenvalue weighted by Crippen LogP contribution is -2.38. The average molecular weight is 344 g/mol. The molecule has 0 saturated carbocycles. The second kappa shape index (κ2) is 6.72. The maximum atomic E-state index is 12.9. The molecule has 4 rings (SSSR count). The molecular formula is C17H18F2N6. The minimum absolute atomic E-state index is 0.283. The van der Waals surface area contributed by atoms with E-state index < -0.39 is 6.43 Å². The maximum absolute atomic E-state index is 12.9. The average Bonchev–Trinajstić information content (AvgIpc) is 3.06. The van der Waals surface area contributed by atoms with Crippen molar-refractivity contribution in [1.29, 1.82) is 0 Å². The summed E-state index contributed by atoms with van der Waals surface area (Å²) in [7, 11) is 0. The van der Waals surface area contributed by atoms with E-state index >= 15 is 0 Å². The van der Waals surface area contributed by atoms with Crippen LogP contribution in [0.25, 0.3) is 17.0 Å². The van der Waals surface area contributed by atoms with Crippen molar-refractivity contribution in [2.75, 3.05) is 18.4 Å². The Kier molecular flexibility index (Phi) is 4.27. The predicted molar refractivity (Wildman–Crippen MR) is 90.7 cm³/mol. The van der Waals surface area contributed by atoms with Gasteiger partial charge in [0, 0.05) is 18.8 Å². The summed E-state index contributed by atoms with van der Waals surface area (Å²) in [6, 6.07) is 5.99. The second-order valence-electron chi connectivity index (χ2n) is 6.08. The van der Waals surface area contributed by atoms with Crippen molar-refractivity contribution in [3.8, 4) is 11.4 Å². The number of nitrogens with zero attached hydrogens (tertiary/aromatic N) is 4. The molecule has 3 aromatic rings. The highest BCUT2D eigenvalue weighted by Gasteiger charge is 2.15. The Morgan fingerprint density at radius 1 is 1.24 bits per heavy atom. The summed E-state index contributed by atoms with van der Waals surface area (Å²) in [6.45, 7) is 1.96. The topological polar surface area (TPSA) is 67.1 Å². The molecule has 0 aliphatic carbocycles. The van der Waals surface area contributed by atoms with Crippen LogP contribution in [0.2, 0.25) is 0 Å². The number of rotatable bonds is 4. The highest BCUT2D eigenvalue weighted by Crippen LogP contribution is 2.23. The Morgan fingerprint density at radius 2 is 2.16 bits per heavy atom. The number of halogens is 2. The van der Waals surface area contributed by atoms with E-state index in [9.17, 15) is 8.78 Å². The lowest BCUT2D eigenvalue weighted by atomic mass is 10.1. The maximum Gasteiger partial charge on any atom is 0.281 e. The Balaban J connectivity index is 1.66. The number of pyridine rings is 1. The predicted octanol–water partition coefficient (Wildman–Crippen LogP) is 2.89. The zero-order valence-corrected chi connectivity index (χ0v) is 13.5. The summed E-state index contributed by atoms with van der Waals surface area (Å²) in [6.07, 6.45) is 3.89. The highest BCUT2D eigenvalue weighted by molar-refractivity contribution is 5.61. The van der Waals surface area contributed by atoms with Gasteiger partial charge in [0.1, 0.15) is 11.5 Å². The van der Waals surface area contributed by atoms with Crippen molar-refractivity contribution in [3.63, 3.8) is 0 Å². The molecule has 1 aliphatic heterocycles. The standard InChI is InChI=1S/C17H18F2N6/c18-17(19)13-10-25-14(8-22-16(25)9-21-13)12-4-1-5-15(24-12)23-11-3-2-6-20-7-11/h1,4-5,8-11,17,20H,2-3,6-7H2,(H,23,24). The molecule has 0 amide bonds. The summed E-state index contributed by atoms with van der Waals surface area (Å²) >= 11 is 0. The minimum Gasteiger partial charge on any atom is -0.366 e. The van der Waals surface area contributed by atoms with Crippen LogP contribution < -0.4 is 10.6 Å². The molecule has 0 radical (unpaired) electrons. The molecule has 4 heterocycles. The molecule has 8 heteroatoms. The van der Waals surface area contributed by atoms with Crippen LogP contribution >= 0.6 is 0 Å². The first-order valence-corrected chi connectivity index (χ1v) is 8.26. The fourth-order valence-electron chi connectivity index (χ4n) is 3.05. The van der Waals surface area contributed by atoms with Crippen molar-refractivity contribution in [2.24, 2.45) is 0 Å². The minimum atomic E-state index is -2.63. The van der Waals surface area contributed by atoms with Crippen molar-refractivity contribution in [1.82, 2.24) is 24.7 Å². The van der Waals surface area contributed by atoms with Gasteiger partial charge in [-0.25, -0.2) is 23.7 Å². The Labute approximate surface area is 143 Å². The quantitative estimate of drug-likeness (QED) is 0.762. The van der Waals surface area contributed by atoms with E-state index in [1.54, 1.807) is 10.6 Å². The van der Waals surface area contributed by atoms with Crippen LogP contribution in [-0.4, -0.2) is 38.5 Å². The first-order chi connectivity index (χ1) is 12.2. The van der Waals surface area contributed by atoms with Gasteiger partial charge in [-0.3, -0.25) is 4.40 Å². The largest absolute Gasteiger partial charge is 0.366 e. The Bertz CT molecular complexity index is 872. The van der Waals surface area contributed by atoms with Gasteiger partial charge in [-0.05, 0) is 31.5 Å². The number of imidazole rings is 1. The lowest BCUT2D eigenvalue weighted by molar-refractivity contribution is 0.145. The third kappa shape index (κ3) is 3.30. The van der Waals surface area contributed by atoms with Crippen LogP contribution in [0.3, 0.4) is 0 Å². The van der Waals surface area contributed by atoms with E-state index in [2.05, 4.69) is 25.6 Å². The number of piperidine rings is 1. The number of fused-ring (bicyclic) bond motifs is 1. The van der Waals surface area contributed by atoms with Crippen molar-refractivity contribution >= 4 is 11.5 Å². The molecule has 6 nitrogen and oxygen atoms in total. The highest BCUT2D eigenvalue weighted by atomic mass is 19.3. The number of aromatic nitrogens is 4. The lowest BCUT2D eigenvalue weighted by Gasteiger charge is -2.24. The summed E-state index contributed by atoms with van der Waals surface area (Å²) in [5.74, 6) is 0.768. The van der Waals surface area contributed by atoms with Crippen LogP contribution in [0, 0.1) is 0 Å². The molecule has 0 spiro atoms. The van der Waals surface area contributed by atoms with E-state index in [-0.39, 0.29) is 5.69 Å².